The predicted octanol–water partition coefficient (Wildman–Crippen LogP) is -0.249. The molecule has 2 aromatic heterocycles. The Morgan fingerprint density at radius 1 is 1.41 bits per heavy atom. The van der Waals surface area contributed by atoms with Gasteiger partial charge in [0.1, 0.15) is 18.3 Å². The van der Waals surface area contributed by atoms with Gasteiger partial charge in [0.25, 0.3) is 5.56 Å². The molecule has 0 amide bonds. The number of aliphatic hydroxyl groups excluding tert-OH is 1. The molecule has 27 heavy (non-hydrogen) atoms. The van der Waals surface area contributed by atoms with Gasteiger partial charge in [-0.25, -0.2) is 9.98 Å². The van der Waals surface area contributed by atoms with Crippen molar-refractivity contribution in [2.24, 2.45) is 4.99 Å². The fraction of sp³-hybridized carbons (Fsp3) is 0.625. The number of nitrogens with zero attached hydrogens (tertiary/aromatic N) is 5. The summed E-state index contributed by atoms with van der Waals surface area (Å²) in [4.78, 5) is 29.3. The average molecular weight is 378 g/mol. The Morgan fingerprint density at radius 2 is 2.15 bits per heavy atom. The molecule has 11 heteroatoms. The third-order valence-corrected chi connectivity index (χ3v) is 4.41. The van der Waals surface area contributed by atoms with E-state index in [9.17, 15) is 9.90 Å². The molecule has 11 nitrogen and oxygen atoms in total. The molecule has 2 fully saturated rings. The van der Waals surface area contributed by atoms with Gasteiger partial charge in [0, 0.05) is 14.1 Å². The zero-order chi connectivity index (χ0) is 19.3. The summed E-state index contributed by atoms with van der Waals surface area (Å²) >= 11 is 0. The van der Waals surface area contributed by atoms with Crippen molar-refractivity contribution in [3.8, 4) is 0 Å². The van der Waals surface area contributed by atoms with E-state index >= 15 is 0 Å². The van der Waals surface area contributed by atoms with Crippen LogP contribution < -0.4 is 5.56 Å². The van der Waals surface area contributed by atoms with Gasteiger partial charge in [-0.15, -0.1) is 0 Å². The molecule has 1 unspecified atom stereocenters. The lowest BCUT2D eigenvalue weighted by Gasteiger charge is -2.24. The highest BCUT2D eigenvalue weighted by Crippen LogP contribution is 2.43. The smallest absolute Gasteiger partial charge is 0.280 e. The normalized spacial score (nSPS) is 29.7. The third kappa shape index (κ3) is 3.12. The van der Waals surface area contributed by atoms with Crippen LogP contribution >= 0.6 is 0 Å². The minimum atomic E-state index is -0.798. The van der Waals surface area contributed by atoms with Crippen molar-refractivity contribution in [3.63, 3.8) is 0 Å². The van der Waals surface area contributed by atoms with Crippen molar-refractivity contribution < 1.29 is 19.3 Å². The summed E-state index contributed by atoms with van der Waals surface area (Å²) in [6, 6.07) is 0. The first-order chi connectivity index (χ1) is 12.8. The van der Waals surface area contributed by atoms with E-state index in [-0.39, 0.29) is 18.1 Å². The van der Waals surface area contributed by atoms with Crippen molar-refractivity contribution in [3.05, 3.63) is 16.7 Å². The van der Waals surface area contributed by atoms with Gasteiger partial charge in [0.15, 0.2) is 23.2 Å². The van der Waals surface area contributed by atoms with Crippen LogP contribution in [0.5, 0.6) is 0 Å². The number of H-pyrrole nitrogens is 1. The molecule has 2 aliphatic rings. The summed E-state index contributed by atoms with van der Waals surface area (Å²) in [5.41, 5.74) is 0.0895. The molecule has 0 aliphatic carbocycles. The Hall–Kier alpha value is -2.34. The molecule has 0 saturated carbocycles. The second-order valence-electron chi connectivity index (χ2n) is 7.23. The van der Waals surface area contributed by atoms with Gasteiger partial charge in [-0.2, -0.15) is 4.98 Å². The summed E-state index contributed by atoms with van der Waals surface area (Å²) in [6.45, 7) is 3.40. The van der Waals surface area contributed by atoms with E-state index < -0.39 is 35.9 Å². The molecule has 0 bridgehead atoms. The molecule has 0 spiro atoms. The standard InChI is InChI=1S/C16H22N6O5/c1-16(2)26-10-8(5-23)25-14(11(10)27-16)22-7-17-9-12(22)19-15(20-13(9)24)18-6-21(3)4/h6-8,10-11,14,23H,5H2,1-4H3,(H,19,20,24)/t8-,10?,11+,14-/m1/s1. The lowest BCUT2D eigenvalue weighted by Crippen LogP contribution is -2.31. The topological polar surface area (TPSA) is 127 Å². The number of rotatable bonds is 4. The Labute approximate surface area is 154 Å². The van der Waals surface area contributed by atoms with Crippen LogP contribution in [-0.4, -0.2) is 80.7 Å². The van der Waals surface area contributed by atoms with Crippen LogP contribution in [-0.2, 0) is 14.2 Å². The van der Waals surface area contributed by atoms with Crippen molar-refractivity contribution in [1.82, 2.24) is 24.4 Å². The van der Waals surface area contributed by atoms with Gasteiger partial charge in [0.2, 0.25) is 5.95 Å². The number of hydrogen-bond donors (Lipinski definition) is 2. The Bertz CT molecular complexity index is 935. The van der Waals surface area contributed by atoms with E-state index in [1.807, 2.05) is 14.1 Å². The summed E-state index contributed by atoms with van der Waals surface area (Å²) < 4.78 is 19.4. The maximum atomic E-state index is 12.3. The van der Waals surface area contributed by atoms with Gasteiger partial charge < -0.3 is 24.2 Å². The summed E-state index contributed by atoms with van der Waals surface area (Å²) in [6.07, 6.45) is 0.921. The SMILES string of the molecule is CN(C)C=Nc1nc2c(ncn2[C@@H]2O[C@H](CO)C3OC(C)(C)O[C@@H]32)c(=O)[nH]1. The first-order valence-electron chi connectivity index (χ1n) is 8.58. The number of hydrogen-bond acceptors (Lipinski definition) is 8. The number of ether oxygens (including phenoxy) is 3. The van der Waals surface area contributed by atoms with E-state index in [4.69, 9.17) is 14.2 Å². The number of aromatic amines is 1. The number of imidazole rings is 1. The van der Waals surface area contributed by atoms with E-state index in [0.717, 1.165) is 0 Å². The monoisotopic (exact) mass is 378 g/mol. The summed E-state index contributed by atoms with van der Waals surface area (Å²) in [7, 11) is 3.62. The zero-order valence-corrected chi connectivity index (χ0v) is 15.5. The maximum Gasteiger partial charge on any atom is 0.280 e. The lowest BCUT2D eigenvalue weighted by molar-refractivity contribution is -0.199. The molecule has 0 aromatic carbocycles. The van der Waals surface area contributed by atoms with Crippen LogP contribution in [0.3, 0.4) is 0 Å². The van der Waals surface area contributed by atoms with Crippen LogP contribution in [0, 0.1) is 0 Å². The minimum Gasteiger partial charge on any atom is -0.394 e. The number of fused-ring (bicyclic) bond motifs is 2. The molecular formula is C16H22N6O5. The second kappa shape index (κ2) is 6.37. The first kappa shape index (κ1) is 18.0. The molecule has 2 aromatic rings. The highest BCUT2D eigenvalue weighted by Gasteiger charge is 2.56. The van der Waals surface area contributed by atoms with Crippen LogP contribution in [0.15, 0.2) is 16.1 Å². The molecule has 2 N–H and O–H groups in total. The number of aliphatic imine (C=N–C) groups is 1. The van der Waals surface area contributed by atoms with Crippen molar-refractivity contribution in [2.45, 2.75) is 44.2 Å². The average Bonchev–Trinajstić information content (AvgIpc) is 3.23. The summed E-state index contributed by atoms with van der Waals surface area (Å²) in [5.74, 6) is -0.645. The molecule has 4 heterocycles. The molecule has 0 radical (unpaired) electrons. The van der Waals surface area contributed by atoms with Crippen molar-refractivity contribution in [1.29, 1.82) is 0 Å². The largest absolute Gasteiger partial charge is 0.394 e. The molecule has 2 saturated heterocycles. The second-order valence-corrected chi connectivity index (χ2v) is 7.23. The fourth-order valence-electron chi connectivity index (χ4n) is 3.36. The molecular weight excluding hydrogens is 356 g/mol. The van der Waals surface area contributed by atoms with Crippen molar-refractivity contribution in [2.75, 3.05) is 20.7 Å². The number of aromatic nitrogens is 4. The van der Waals surface area contributed by atoms with Crippen LogP contribution in [0.25, 0.3) is 11.2 Å². The third-order valence-electron chi connectivity index (χ3n) is 4.41. The van der Waals surface area contributed by atoms with Gasteiger partial charge in [0.05, 0.1) is 19.3 Å². The Morgan fingerprint density at radius 3 is 2.85 bits per heavy atom. The lowest BCUT2D eigenvalue weighted by atomic mass is 10.1. The molecule has 2 aliphatic heterocycles. The van der Waals surface area contributed by atoms with Gasteiger partial charge in [-0.1, -0.05) is 0 Å². The highest BCUT2D eigenvalue weighted by atomic mass is 16.8. The summed E-state index contributed by atoms with van der Waals surface area (Å²) in [5, 5.41) is 9.64. The van der Waals surface area contributed by atoms with Crippen LogP contribution in [0.1, 0.15) is 20.1 Å². The number of aliphatic hydroxyl groups is 1. The highest BCUT2D eigenvalue weighted by molar-refractivity contribution is 5.71. The van der Waals surface area contributed by atoms with Crippen LogP contribution in [0.2, 0.25) is 0 Å². The van der Waals surface area contributed by atoms with E-state index in [2.05, 4.69) is 19.9 Å². The Kier molecular flexibility index (Phi) is 4.26. The molecule has 146 valence electrons. The Balaban J connectivity index is 1.76. The van der Waals surface area contributed by atoms with E-state index in [1.54, 1.807) is 23.3 Å². The maximum absolute atomic E-state index is 12.3. The quantitative estimate of drug-likeness (QED) is 0.551. The van der Waals surface area contributed by atoms with Gasteiger partial charge >= 0.3 is 0 Å². The minimum absolute atomic E-state index is 0.153. The predicted molar refractivity (Wildman–Crippen MR) is 94.8 cm³/mol. The van der Waals surface area contributed by atoms with E-state index in [0.29, 0.717) is 5.65 Å². The van der Waals surface area contributed by atoms with E-state index in [1.165, 1.54) is 12.7 Å². The van der Waals surface area contributed by atoms with Gasteiger partial charge in [-0.3, -0.25) is 14.3 Å². The van der Waals surface area contributed by atoms with Crippen molar-refractivity contribution >= 4 is 23.5 Å². The number of nitrogens with one attached hydrogen (secondary N) is 1. The van der Waals surface area contributed by atoms with Gasteiger partial charge in [-0.05, 0) is 13.8 Å². The zero-order valence-electron chi connectivity index (χ0n) is 15.5. The fourth-order valence-corrected chi connectivity index (χ4v) is 3.36. The van der Waals surface area contributed by atoms with Crippen LogP contribution in [0.4, 0.5) is 5.95 Å². The molecule has 4 atom stereocenters. The first-order valence-corrected chi connectivity index (χ1v) is 8.58. The molecule has 4 rings (SSSR count).